The molecule has 1 rings (SSSR count). The average molecular weight is 168 g/mol. The lowest BCUT2D eigenvalue weighted by Gasteiger charge is -2.24. The highest BCUT2D eigenvalue weighted by Crippen LogP contribution is 2.29. The van der Waals surface area contributed by atoms with Crippen molar-refractivity contribution in [1.29, 1.82) is 0 Å². The molecule has 0 aromatic heterocycles. The Morgan fingerprint density at radius 1 is 0.833 bits per heavy atom. The molecule has 1 aliphatic carbocycles. The summed E-state index contributed by atoms with van der Waals surface area (Å²) in [5, 5.41) is 0. The molecule has 1 aliphatic rings. The van der Waals surface area contributed by atoms with Crippen LogP contribution >= 0.6 is 0 Å². The van der Waals surface area contributed by atoms with Crippen LogP contribution in [0, 0.1) is 11.8 Å². The third-order valence-corrected chi connectivity index (χ3v) is 2.88. The third kappa shape index (κ3) is 2.16. The van der Waals surface area contributed by atoms with E-state index in [1.807, 2.05) is 0 Å². The SMILES string of the molecule is CC(=O)C1CCC(C(C)=O)CC1. The fourth-order valence-electron chi connectivity index (χ4n) is 1.91. The minimum absolute atomic E-state index is 0.237. The van der Waals surface area contributed by atoms with Crippen LogP contribution in [0.25, 0.3) is 0 Å². The second kappa shape index (κ2) is 3.83. The summed E-state index contributed by atoms with van der Waals surface area (Å²) < 4.78 is 0. The molecule has 68 valence electrons. The fourth-order valence-corrected chi connectivity index (χ4v) is 1.91. The van der Waals surface area contributed by atoms with Crippen molar-refractivity contribution in [2.75, 3.05) is 0 Å². The monoisotopic (exact) mass is 168 g/mol. The Morgan fingerprint density at radius 3 is 1.25 bits per heavy atom. The fraction of sp³-hybridized carbons (Fsp3) is 0.800. The molecule has 2 heteroatoms. The van der Waals surface area contributed by atoms with Gasteiger partial charge < -0.3 is 0 Å². The van der Waals surface area contributed by atoms with Crippen LogP contribution in [0.15, 0.2) is 0 Å². The van der Waals surface area contributed by atoms with Crippen LogP contribution in [-0.2, 0) is 9.59 Å². The molecule has 12 heavy (non-hydrogen) atoms. The number of rotatable bonds is 2. The van der Waals surface area contributed by atoms with Gasteiger partial charge in [-0.3, -0.25) is 9.59 Å². The standard InChI is InChI=1S/C10H16O2/c1-7(11)9-3-5-10(6-4-9)8(2)12/h9-10H,3-6H2,1-2H3. The van der Waals surface area contributed by atoms with E-state index in [1.54, 1.807) is 13.8 Å². The molecule has 0 bridgehead atoms. The van der Waals surface area contributed by atoms with Crippen LogP contribution < -0.4 is 0 Å². The molecule has 0 amide bonds. The van der Waals surface area contributed by atoms with E-state index < -0.39 is 0 Å². The number of hydrogen-bond acceptors (Lipinski definition) is 2. The van der Waals surface area contributed by atoms with Crippen molar-refractivity contribution in [2.24, 2.45) is 11.8 Å². The zero-order valence-corrected chi connectivity index (χ0v) is 7.80. The van der Waals surface area contributed by atoms with Crippen molar-refractivity contribution in [3.8, 4) is 0 Å². The smallest absolute Gasteiger partial charge is 0.132 e. The van der Waals surface area contributed by atoms with E-state index in [0.29, 0.717) is 0 Å². The van der Waals surface area contributed by atoms with Gasteiger partial charge in [0, 0.05) is 11.8 Å². The van der Waals surface area contributed by atoms with Crippen LogP contribution in [0.3, 0.4) is 0 Å². The molecule has 0 aromatic rings. The van der Waals surface area contributed by atoms with Gasteiger partial charge in [0.25, 0.3) is 0 Å². The van der Waals surface area contributed by atoms with E-state index in [4.69, 9.17) is 0 Å². The lowest BCUT2D eigenvalue weighted by Crippen LogP contribution is -2.23. The van der Waals surface area contributed by atoms with Crippen molar-refractivity contribution in [2.45, 2.75) is 39.5 Å². The summed E-state index contributed by atoms with van der Waals surface area (Å²) in [4.78, 5) is 22.0. The maximum absolute atomic E-state index is 11.0. The molecule has 2 nitrogen and oxygen atoms in total. The predicted octanol–water partition coefficient (Wildman–Crippen LogP) is 1.97. The molecule has 0 spiro atoms. The van der Waals surface area contributed by atoms with Gasteiger partial charge in [-0.2, -0.15) is 0 Å². The van der Waals surface area contributed by atoms with Gasteiger partial charge in [-0.25, -0.2) is 0 Å². The highest BCUT2D eigenvalue weighted by atomic mass is 16.1. The molecule has 0 heterocycles. The topological polar surface area (TPSA) is 34.1 Å². The van der Waals surface area contributed by atoms with E-state index in [9.17, 15) is 9.59 Å². The van der Waals surface area contributed by atoms with Gasteiger partial charge in [-0.1, -0.05) is 0 Å². The van der Waals surface area contributed by atoms with Gasteiger partial charge in [-0.05, 0) is 39.5 Å². The molecule has 0 aliphatic heterocycles. The van der Waals surface area contributed by atoms with Gasteiger partial charge in [-0.15, -0.1) is 0 Å². The van der Waals surface area contributed by atoms with E-state index >= 15 is 0 Å². The maximum Gasteiger partial charge on any atom is 0.132 e. The Hall–Kier alpha value is -0.660. The zero-order chi connectivity index (χ0) is 9.14. The number of Topliss-reactive ketones (excluding diaryl/α,β-unsaturated/α-hetero) is 2. The summed E-state index contributed by atoms with van der Waals surface area (Å²) in [7, 11) is 0. The Kier molecular flexibility index (Phi) is 3.01. The Bertz CT molecular complexity index is 166. The Morgan fingerprint density at radius 2 is 1.08 bits per heavy atom. The average Bonchev–Trinajstić information content (AvgIpc) is 2.04. The molecule has 0 N–H and O–H groups in total. The quantitative estimate of drug-likeness (QED) is 0.631. The number of ketones is 2. The molecule has 1 fully saturated rings. The highest BCUT2D eigenvalue weighted by molar-refractivity contribution is 5.80. The van der Waals surface area contributed by atoms with Crippen molar-refractivity contribution in [1.82, 2.24) is 0 Å². The second-order valence-electron chi connectivity index (χ2n) is 3.77. The van der Waals surface area contributed by atoms with E-state index in [2.05, 4.69) is 0 Å². The van der Waals surface area contributed by atoms with Crippen LogP contribution in [0.5, 0.6) is 0 Å². The van der Waals surface area contributed by atoms with Gasteiger partial charge >= 0.3 is 0 Å². The minimum Gasteiger partial charge on any atom is -0.300 e. The van der Waals surface area contributed by atoms with Gasteiger partial charge in [0.15, 0.2) is 0 Å². The van der Waals surface area contributed by atoms with Crippen LogP contribution in [0.1, 0.15) is 39.5 Å². The van der Waals surface area contributed by atoms with Crippen LogP contribution in [0.4, 0.5) is 0 Å². The molecule has 0 atom stereocenters. The van der Waals surface area contributed by atoms with Crippen LogP contribution in [0.2, 0.25) is 0 Å². The first-order chi connectivity index (χ1) is 5.61. The normalized spacial score (nSPS) is 29.8. The van der Waals surface area contributed by atoms with Gasteiger partial charge in [0.05, 0.1) is 0 Å². The maximum atomic E-state index is 11.0. The molecule has 0 unspecified atom stereocenters. The predicted molar refractivity (Wildman–Crippen MR) is 46.8 cm³/mol. The number of hydrogen-bond donors (Lipinski definition) is 0. The first-order valence-corrected chi connectivity index (χ1v) is 4.62. The number of carbonyl (C=O) groups is 2. The lowest BCUT2D eigenvalue weighted by atomic mass is 9.79. The van der Waals surface area contributed by atoms with E-state index in [0.717, 1.165) is 25.7 Å². The van der Waals surface area contributed by atoms with E-state index in [-0.39, 0.29) is 23.4 Å². The summed E-state index contributed by atoms with van der Waals surface area (Å²) >= 11 is 0. The zero-order valence-electron chi connectivity index (χ0n) is 7.80. The molecule has 0 saturated heterocycles. The van der Waals surface area contributed by atoms with E-state index in [1.165, 1.54) is 0 Å². The van der Waals surface area contributed by atoms with Crippen molar-refractivity contribution in [3.63, 3.8) is 0 Å². The molecular weight excluding hydrogens is 152 g/mol. The molecule has 1 saturated carbocycles. The van der Waals surface area contributed by atoms with Gasteiger partial charge in [0.1, 0.15) is 11.6 Å². The summed E-state index contributed by atoms with van der Waals surface area (Å²) in [5.41, 5.74) is 0. The number of carbonyl (C=O) groups excluding carboxylic acids is 2. The summed E-state index contributed by atoms with van der Waals surface area (Å²) in [6.07, 6.45) is 3.66. The summed E-state index contributed by atoms with van der Waals surface area (Å²) in [6, 6.07) is 0. The van der Waals surface area contributed by atoms with Crippen molar-refractivity contribution in [3.05, 3.63) is 0 Å². The van der Waals surface area contributed by atoms with Gasteiger partial charge in [0.2, 0.25) is 0 Å². The first kappa shape index (κ1) is 9.43. The Balaban J connectivity index is 2.39. The third-order valence-electron chi connectivity index (χ3n) is 2.88. The summed E-state index contributed by atoms with van der Waals surface area (Å²) in [5.74, 6) is 1.05. The minimum atomic E-state index is 0.237. The molecule has 0 radical (unpaired) electrons. The molecular formula is C10H16O2. The second-order valence-corrected chi connectivity index (χ2v) is 3.77. The Labute approximate surface area is 73.3 Å². The highest BCUT2D eigenvalue weighted by Gasteiger charge is 2.25. The summed E-state index contributed by atoms with van der Waals surface area (Å²) in [6.45, 7) is 3.30. The van der Waals surface area contributed by atoms with Crippen LogP contribution in [-0.4, -0.2) is 11.6 Å². The first-order valence-electron chi connectivity index (χ1n) is 4.62. The van der Waals surface area contributed by atoms with Crippen molar-refractivity contribution >= 4 is 11.6 Å². The molecule has 0 aromatic carbocycles. The van der Waals surface area contributed by atoms with Crippen molar-refractivity contribution < 1.29 is 9.59 Å². The largest absolute Gasteiger partial charge is 0.300 e. The lowest BCUT2D eigenvalue weighted by molar-refractivity contribution is -0.126.